The second kappa shape index (κ2) is 5.75. The van der Waals surface area contributed by atoms with E-state index in [1.807, 2.05) is 13.0 Å². The third-order valence-corrected chi connectivity index (χ3v) is 2.48. The van der Waals surface area contributed by atoms with E-state index in [1.165, 1.54) is 0 Å². The lowest BCUT2D eigenvalue weighted by molar-refractivity contribution is -0.137. The van der Waals surface area contributed by atoms with Crippen molar-refractivity contribution in [2.45, 2.75) is 19.9 Å². The molecule has 0 bridgehead atoms. The van der Waals surface area contributed by atoms with Crippen LogP contribution in [0.3, 0.4) is 0 Å². The second-order valence-corrected chi connectivity index (χ2v) is 4.19. The molecule has 0 aliphatic heterocycles. The van der Waals surface area contributed by atoms with Crippen molar-refractivity contribution in [1.29, 1.82) is 0 Å². The molecule has 88 valence electrons. The van der Waals surface area contributed by atoms with E-state index in [2.05, 4.69) is 21.2 Å². The summed E-state index contributed by atoms with van der Waals surface area (Å²) in [6.45, 7) is 4.00. The summed E-state index contributed by atoms with van der Waals surface area (Å²) in [6, 6.07) is 4.77. The van der Waals surface area contributed by atoms with E-state index < -0.39 is 12.0 Å². The molecule has 1 atom stereocenters. The van der Waals surface area contributed by atoms with Crippen LogP contribution in [0.4, 0.5) is 5.69 Å². The average Bonchev–Trinajstić information content (AvgIpc) is 2.22. The van der Waals surface area contributed by atoms with Gasteiger partial charge >= 0.3 is 5.97 Å². The van der Waals surface area contributed by atoms with E-state index in [9.17, 15) is 4.79 Å². The number of nitrogens with one attached hydrogen (secondary N) is 1. The molecular formula is C11H14BrNO3. The van der Waals surface area contributed by atoms with E-state index >= 15 is 0 Å². The van der Waals surface area contributed by atoms with Crippen LogP contribution in [0, 0.1) is 0 Å². The van der Waals surface area contributed by atoms with Gasteiger partial charge in [0.2, 0.25) is 0 Å². The Bertz CT molecular complexity index is 381. The first-order valence-electron chi connectivity index (χ1n) is 4.96. The summed E-state index contributed by atoms with van der Waals surface area (Å²) in [4.78, 5) is 10.7. The van der Waals surface area contributed by atoms with Crippen LogP contribution >= 0.6 is 15.9 Å². The Balaban J connectivity index is 2.89. The van der Waals surface area contributed by atoms with Gasteiger partial charge in [0.15, 0.2) is 0 Å². The Morgan fingerprint density at radius 1 is 1.62 bits per heavy atom. The van der Waals surface area contributed by atoms with Crippen molar-refractivity contribution < 1.29 is 14.6 Å². The van der Waals surface area contributed by atoms with Gasteiger partial charge in [-0.3, -0.25) is 4.79 Å². The highest BCUT2D eigenvalue weighted by Gasteiger charge is 2.13. The normalized spacial score (nSPS) is 11.9. The van der Waals surface area contributed by atoms with Gasteiger partial charge in [0.05, 0.1) is 12.3 Å². The fourth-order valence-electron chi connectivity index (χ4n) is 1.19. The van der Waals surface area contributed by atoms with Crippen molar-refractivity contribution in [2.75, 3.05) is 11.9 Å². The van der Waals surface area contributed by atoms with Crippen LogP contribution in [0.1, 0.15) is 13.8 Å². The molecule has 0 heterocycles. The number of carbonyl (C=O) groups is 1. The highest BCUT2D eigenvalue weighted by Crippen LogP contribution is 2.28. The Morgan fingerprint density at radius 3 is 2.88 bits per heavy atom. The minimum absolute atomic E-state index is 0.534. The summed E-state index contributed by atoms with van der Waals surface area (Å²) in [5.74, 6) is -0.254. The summed E-state index contributed by atoms with van der Waals surface area (Å²) < 4.78 is 6.31. The predicted molar refractivity (Wildman–Crippen MR) is 66.0 cm³/mol. The van der Waals surface area contributed by atoms with Crippen molar-refractivity contribution in [1.82, 2.24) is 0 Å². The van der Waals surface area contributed by atoms with Gasteiger partial charge in [0.25, 0.3) is 0 Å². The topological polar surface area (TPSA) is 58.6 Å². The van der Waals surface area contributed by atoms with Gasteiger partial charge in [-0.1, -0.05) is 15.9 Å². The van der Waals surface area contributed by atoms with Crippen LogP contribution in [0.25, 0.3) is 0 Å². The maximum atomic E-state index is 10.7. The maximum absolute atomic E-state index is 10.7. The van der Waals surface area contributed by atoms with E-state index in [1.54, 1.807) is 19.1 Å². The molecule has 0 radical (unpaired) electrons. The van der Waals surface area contributed by atoms with Gasteiger partial charge in [-0.15, -0.1) is 0 Å². The lowest BCUT2D eigenvalue weighted by Crippen LogP contribution is -2.25. The molecule has 0 spiro atoms. The number of aliphatic carboxylic acids is 1. The molecule has 4 nitrogen and oxygen atoms in total. The van der Waals surface area contributed by atoms with E-state index in [-0.39, 0.29) is 0 Å². The monoisotopic (exact) mass is 287 g/mol. The van der Waals surface area contributed by atoms with Crippen LogP contribution in [-0.4, -0.2) is 23.7 Å². The molecule has 0 aliphatic carbocycles. The molecule has 16 heavy (non-hydrogen) atoms. The lowest BCUT2D eigenvalue weighted by Gasteiger charge is -2.15. The molecule has 5 heteroatoms. The highest BCUT2D eigenvalue weighted by atomic mass is 79.9. The van der Waals surface area contributed by atoms with E-state index in [0.717, 1.165) is 4.47 Å². The first kappa shape index (κ1) is 12.8. The Hall–Kier alpha value is -1.23. The smallest absolute Gasteiger partial charge is 0.325 e. The quantitative estimate of drug-likeness (QED) is 0.874. The van der Waals surface area contributed by atoms with E-state index in [4.69, 9.17) is 9.84 Å². The van der Waals surface area contributed by atoms with Crippen molar-refractivity contribution in [3.05, 3.63) is 22.7 Å². The third kappa shape index (κ3) is 3.41. The summed E-state index contributed by atoms with van der Waals surface area (Å²) in [5, 5.41) is 11.7. The molecule has 1 unspecified atom stereocenters. The summed E-state index contributed by atoms with van der Waals surface area (Å²) >= 11 is 3.34. The van der Waals surface area contributed by atoms with Crippen molar-refractivity contribution >= 4 is 27.6 Å². The second-order valence-electron chi connectivity index (χ2n) is 3.28. The molecule has 0 aliphatic rings. The van der Waals surface area contributed by atoms with Crippen molar-refractivity contribution in [2.24, 2.45) is 0 Å². The molecule has 0 saturated heterocycles. The van der Waals surface area contributed by atoms with Gasteiger partial charge in [-0.25, -0.2) is 0 Å². The van der Waals surface area contributed by atoms with Gasteiger partial charge in [-0.05, 0) is 32.0 Å². The third-order valence-electron chi connectivity index (χ3n) is 1.99. The van der Waals surface area contributed by atoms with Gasteiger partial charge in [-0.2, -0.15) is 0 Å². The SMILES string of the molecule is CCOc1cc(Br)ccc1NC(C)C(=O)O. The number of anilines is 1. The summed E-state index contributed by atoms with van der Waals surface area (Å²) in [6.07, 6.45) is 0. The number of carboxylic acid groups (broad SMARTS) is 1. The number of halogens is 1. The standard InChI is InChI=1S/C11H14BrNO3/c1-3-16-10-6-8(12)4-5-9(10)13-7(2)11(14)15/h4-7,13H,3H2,1-2H3,(H,14,15). The van der Waals surface area contributed by atoms with Gasteiger partial charge < -0.3 is 15.2 Å². The molecule has 1 aromatic rings. The highest BCUT2D eigenvalue weighted by molar-refractivity contribution is 9.10. The predicted octanol–water partition coefficient (Wildman–Crippen LogP) is 2.73. The van der Waals surface area contributed by atoms with Crippen LogP contribution in [-0.2, 0) is 4.79 Å². The Kier molecular flexibility index (Phi) is 4.61. The minimum Gasteiger partial charge on any atom is -0.492 e. The number of benzene rings is 1. The fraction of sp³-hybridized carbons (Fsp3) is 0.364. The van der Waals surface area contributed by atoms with E-state index in [0.29, 0.717) is 18.0 Å². The number of hydrogen-bond donors (Lipinski definition) is 2. The molecule has 0 fully saturated rings. The molecular weight excluding hydrogens is 274 g/mol. The summed E-state index contributed by atoms with van der Waals surface area (Å²) in [5.41, 5.74) is 0.681. The van der Waals surface area contributed by atoms with Crippen LogP contribution in [0.5, 0.6) is 5.75 Å². The first-order valence-corrected chi connectivity index (χ1v) is 5.75. The zero-order valence-electron chi connectivity index (χ0n) is 9.16. The average molecular weight is 288 g/mol. The van der Waals surface area contributed by atoms with Crippen LogP contribution in [0.15, 0.2) is 22.7 Å². The van der Waals surface area contributed by atoms with Crippen LogP contribution in [0.2, 0.25) is 0 Å². The first-order chi connectivity index (χ1) is 7.54. The lowest BCUT2D eigenvalue weighted by atomic mass is 10.2. The zero-order chi connectivity index (χ0) is 12.1. The largest absolute Gasteiger partial charge is 0.492 e. The number of hydrogen-bond acceptors (Lipinski definition) is 3. The zero-order valence-corrected chi connectivity index (χ0v) is 10.7. The Labute approximate surface area is 103 Å². The van der Waals surface area contributed by atoms with Crippen molar-refractivity contribution in [3.8, 4) is 5.75 Å². The Morgan fingerprint density at radius 2 is 2.31 bits per heavy atom. The number of rotatable bonds is 5. The molecule has 2 N–H and O–H groups in total. The van der Waals surface area contributed by atoms with Crippen molar-refractivity contribution in [3.63, 3.8) is 0 Å². The van der Waals surface area contributed by atoms with Crippen LogP contribution < -0.4 is 10.1 Å². The molecule has 1 rings (SSSR count). The molecule has 1 aromatic carbocycles. The molecule has 0 aromatic heterocycles. The van der Waals surface area contributed by atoms with Gasteiger partial charge in [0, 0.05) is 4.47 Å². The number of ether oxygens (including phenoxy) is 1. The molecule has 0 saturated carbocycles. The molecule has 0 amide bonds. The maximum Gasteiger partial charge on any atom is 0.325 e. The van der Waals surface area contributed by atoms with Gasteiger partial charge in [0.1, 0.15) is 11.8 Å². The minimum atomic E-state index is -0.898. The number of carboxylic acids is 1. The fourth-order valence-corrected chi connectivity index (χ4v) is 1.53. The summed E-state index contributed by atoms with van der Waals surface area (Å²) in [7, 11) is 0.